The first kappa shape index (κ1) is 10.9. The van der Waals surface area contributed by atoms with Gasteiger partial charge in [-0.3, -0.25) is 0 Å². The SMILES string of the molecule is CC(C)(C)C(C)(C)CC(N)N. The summed E-state index contributed by atoms with van der Waals surface area (Å²) in [5.74, 6) is 0. The molecule has 0 aromatic carbocycles. The van der Waals surface area contributed by atoms with Crippen molar-refractivity contribution in [3.05, 3.63) is 0 Å². The average molecular weight is 158 g/mol. The molecule has 0 fully saturated rings. The Morgan fingerprint density at radius 3 is 1.45 bits per heavy atom. The van der Waals surface area contributed by atoms with E-state index in [1.165, 1.54) is 0 Å². The summed E-state index contributed by atoms with van der Waals surface area (Å²) in [5.41, 5.74) is 11.6. The van der Waals surface area contributed by atoms with Gasteiger partial charge in [0.05, 0.1) is 6.17 Å². The van der Waals surface area contributed by atoms with Crippen LogP contribution >= 0.6 is 0 Å². The van der Waals surface area contributed by atoms with Crippen LogP contribution in [0, 0.1) is 10.8 Å². The predicted octanol–water partition coefficient (Wildman–Crippen LogP) is 1.69. The maximum Gasteiger partial charge on any atom is 0.0526 e. The molecule has 0 atom stereocenters. The molecule has 0 aromatic rings. The quantitative estimate of drug-likeness (QED) is 0.601. The topological polar surface area (TPSA) is 52.0 Å². The zero-order valence-corrected chi connectivity index (χ0v) is 8.44. The highest BCUT2D eigenvalue weighted by molar-refractivity contribution is 4.84. The van der Waals surface area contributed by atoms with Gasteiger partial charge in [0, 0.05) is 0 Å². The molecule has 0 amide bonds. The molecule has 0 radical (unpaired) electrons. The fourth-order valence-electron chi connectivity index (χ4n) is 0.895. The fourth-order valence-corrected chi connectivity index (χ4v) is 0.895. The summed E-state index contributed by atoms with van der Waals surface area (Å²) in [7, 11) is 0. The van der Waals surface area contributed by atoms with Crippen LogP contribution in [0.15, 0.2) is 0 Å². The third-order valence-electron chi connectivity index (χ3n) is 2.78. The highest BCUT2D eigenvalue weighted by Gasteiger charge is 2.33. The Labute approximate surface area is 70.3 Å². The number of hydrogen-bond donors (Lipinski definition) is 2. The van der Waals surface area contributed by atoms with Gasteiger partial charge in [0.1, 0.15) is 0 Å². The summed E-state index contributed by atoms with van der Waals surface area (Å²) in [6.45, 7) is 11.1. The Bertz CT molecular complexity index is 120. The van der Waals surface area contributed by atoms with E-state index >= 15 is 0 Å². The summed E-state index contributed by atoms with van der Waals surface area (Å²) in [6.07, 6.45) is 0.681. The van der Waals surface area contributed by atoms with Gasteiger partial charge >= 0.3 is 0 Å². The summed E-state index contributed by atoms with van der Waals surface area (Å²) < 4.78 is 0. The van der Waals surface area contributed by atoms with Crippen LogP contribution in [-0.2, 0) is 0 Å². The molecule has 0 saturated heterocycles. The van der Waals surface area contributed by atoms with E-state index in [-0.39, 0.29) is 17.0 Å². The van der Waals surface area contributed by atoms with Crippen molar-refractivity contribution in [2.75, 3.05) is 0 Å². The Morgan fingerprint density at radius 1 is 1.00 bits per heavy atom. The number of rotatable bonds is 2. The maximum absolute atomic E-state index is 5.55. The molecule has 0 bridgehead atoms. The summed E-state index contributed by atoms with van der Waals surface area (Å²) >= 11 is 0. The normalized spacial score (nSPS) is 14.2. The van der Waals surface area contributed by atoms with E-state index in [1.54, 1.807) is 0 Å². The second-order valence-electron chi connectivity index (χ2n) is 5.00. The van der Waals surface area contributed by atoms with Crippen LogP contribution in [0.1, 0.15) is 41.0 Å². The summed E-state index contributed by atoms with van der Waals surface area (Å²) in [4.78, 5) is 0. The highest BCUT2D eigenvalue weighted by Crippen LogP contribution is 2.40. The van der Waals surface area contributed by atoms with Crippen LogP contribution in [0.2, 0.25) is 0 Å². The van der Waals surface area contributed by atoms with E-state index in [0.717, 1.165) is 6.42 Å². The summed E-state index contributed by atoms with van der Waals surface area (Å²) in [5, 5.41) is 0. The highest BCUT2D eigenvalue weighted by atomic mass is 14.8. The molecule has 0 spiro atoms. The molecular formula is C9H22N2. The van der Waals surface area contributed by atoms with Crippen LogP contribution in [0.25, 0.3) is 0 Å². The van der Waals surface area contributed by atoms with Crippen LogP contribution in [0.3, 0.4) is 0 Å². The van der Waals surface area contributed by atoms with Gasteiger partial charge in [-0.1, -0.05) is 34.6 Å². The van der Waals surface area contributed by atoms with Crippen LogP contribution in [-0.4, -0.2) is 6.17 Å². The standard InChI is InChI=1S/C9H22N2/c1-8(2,3)9(4,5)6-7(10)11/h7H,6,10-11H2,1-5H3. The predicted molar refractivity (Wildman–Crippen MR) is 50.0 cm³/mol. The Balaban J connectivity index is 4.22. The lowest BCUT2D eigenvalue weighted by molar-refractivity contribution is 0.110. The van der Waals surface area contributed by atoms with Crippen molar-refractivity contribution in [3.8, 4) is 0 Å². The first-order valence-corrected chi connectivity index (χ1v) is 4.18. The molecule has 0 aliphatic carbocycles. The fraction of sp³-hybridized carbons (Fsp3) is 1.00. The number of hydrogen-bond acceptors (Lipinski definition) is 2. The van der Waals surface area contributed by atoms with Gasteiger partial charge in [0.15, 0.2) is 0 Å². The molecule has 0 rings (SSSR count). The molecular weight excluding hydrogens is 136 g/mol. The largest absolute Gasteiger partial charge is 0.316 e. The zero-order valence-electron chi connectivity index (χ0n) is 8.44. The Hall–Kier alpha value is -0.0800. The van der Waals surface area contributed by atoms with Crippen molar-refractivity contribution in [1.29, 1.82) is 0 Å². The molecule has 0 unspecified atom stereocenters. The van der Waals surface area contributed by atoms with Crippen molar-refractivity contribution < 1.29 is 0 Å². The van der Waals surface area contributed by atoms with Crippen molar-refractivity contribution in [2.45, 2.75) is 47.2 Å². The van der Waals surface area contributed by atoms with E-state index in [2.05, 4.69) is 34.6 Å². The minimum Gasteiger partial charge on any atom is -0.316 e. The molecule has 0 aliphatic heterocycles. The van der Waals surface area contributed by atoms with E-state index in [9.17, 15) is 0 Å². The van der Waals surface area contributed by atoms with Gasteiger partial charge in [-0.2, -0.15) is 0 Å². The Kier molecular flexibility index (Phi) is 3.09. The molecule has 4 N–H and O–H groups in total. The molecule has 2 heteroatoms. The lowest BCUT2D eigenvalue weighted by Crippen LogP contribution is -2.41. The van der Waals surface area contributed by atoms with E-state index in [0.29, 0.717) is 0 Å². The monoisotopic (exact) mass is 158 g/mol. The van der Waals surface area contributed by atoms with E-state index in [4.69, 9.17) is 11.5 Å². The van der Waals surface area contributed by atoms with Gasteiger partial charge in [0.2, 0.25) is 0 Å². The summed E-state index contributed by atoms with van der Waals surface area (Å²) in [6, 6.07) is 0. The molecule has 2 nitrogen and oxygen atoms in total. The molecule has 0 saturated carbocycles. The molecule has 0 aromatic heterocycles. The van der Waals surface area contributed by atoms with Gasteiger partial charge in [-0.25, -0.2) is 0 Å². The second kappa shape index (κ2) is 3.11. The van der Waals surface area contributed by atoms with Crippen LogP contribution in [0.4, 0.5) is 0 Å². The lowest BCUT2D eigenvalue weighted by Gasteiger charge is -2.40. The minimum absolute atomic E-state index is 0.191. The minimum atomic E-state index is -0.191. The van der Waals surface area contributed by atoms with Gasteiger partial charge in [0.25, 0.3) is 0 Å². The number of nitrogens with two attached hydrogens (primary N) is 2. The van der Waals surface area contributed by atoms with E-state index in [1.807, 2.05) is 0 Å². The molecule has 0 heterocycles. The third kappa shape index (κ3) is 3.21. The van der Waals surface area contributed by atoms with Crippen molar-refractivity contribution in [2.24, 2.45) is 22.3 Å². The van der Waals surface area contributed by atoms with Crippen molar-refractivity contribution in [3.63, 3.8) is 0 Å². The zero-order chi connectivity index (χ0) is 9.28. The third-order valence-corrected chi connectivity index (χ3v) is 2.78. The van der Waals surface area contributed by atoms with Crippen LogP contribution in [0.5, 0.6) is 0 Å². The van der Waals surface area contributed by atoms with Gasteiger partial charge in [-0.15, -0.1) is 0 Å². The molecule has 0 aliphatic rings. The first-order valence-electron chi connectivity index (χ1n) is 4.18. The first-order chi connectivity index (χ1) is 4.67. The second-order valence-corrected chi connectivity index (χ2v) is 5.00. The average Bonchev–Trinajstić information content (AvgIpc) is 1.56. The van der Waals surface area contributed by atoms with Crippen LogP contribution < -0.4 is 11.5 Å². The van der Waals surface area contributed by atoms with E-state index < -0.39 is 0 Å². The Morgan fingerprint density at radius 2 is 1.36 bits per heavy atom. The van der Waals surface area contributed by atoms with Gasteiger partial charge < -0.3 is 11.5 Å². The van der Waals surface area contributed by atoms with Gasteiger partial charge in [-0.05, 0) is 17.3 Å². The lowest BCUT2D eigenvalue weighted by atomic mass is 9.67. The van der Waals surface area contributed by atoms with Crippen molar-refractivity contribution in [1.82, 2.24) is 0 Å². The maximum atomic E-state index is 5.55. The van der Waals surface area contributed by atoms with Crippen molar-refractivity contribution >= 4 is 0 Å². The molecule has 11 heavy (non-hydrogen) atoms. The molecule has 68 valence electrons. The smallest absolute Gasteiger partial charge is 0.0526 e.